The van der Waals surface area contributed by atoms with E-state index in [1.807, 2.05) is 42.5 Å². The molecule has 0 aliphatic rings. The van der Waals surface area contributed by atoms with Gasteiger partial charge in [-0.3, -0.25) is 0 Å². The highest BCUT2D eigenvalue weighted by atomic mass is 79.9. The summed E-state index contributed by atoms with van der Waals surface area (Å²) in [6, 6.07) is 19.7. The predicted molar refractivity (Wildman–Crippen MR) is 111 cm³/mol. The van der Waals surface area contributed by atoms with Crippen LogP contribution >= 0.6 is 15.9 Å². The molecule has 5 heteroatoms. The molecule has 0 saturated heterocycles. The summed E-state index contributed by atoms with van der Waals surface area (Å²) >= 11 is 3.32. The maximum absolute atomic E-state index is 9.90. The molecular formula is C22H16BrNO3. The number of hydrogen-bond acceptors (Lipinski definition) is 4. The second kappa shape index (κ2) is 7.29. The normalized spacial score (nSPS) is 11.3. The number of oxazole rings is 1. The van der Waals surface area contributed by atoms with Gasteiger partial charge in [-0.15, -0.1) is 0 Å². The van der Waals surface area contributed by atoms with E-state index in [-0.39, 0.29) is 5.75 Å². The molecule has 27 heavy (non-hydrogen) atoms. The summed E-state index contributed by atoms with van der Waals surface area (Å²) in [4.78, 5) is 4.55. The SMILES string of the molecule is COc1cc(C=Cc2nc3cc(-c4ccccc4)ccc3o2)cc(Br)c1O. The second-order valence-corrected chi connectivity index (χ2v) is 6.84. The highest BCUT2D eigenvalue weighted by Gasteiger charge is 2.08. The van der Waals surface area contributed by atoms with Crippen LogP contribution < -0.4 is 4.74 Å². The molecule has 0 aliphatic carbocycles. The first-order valence-corrected chi connectivity index (χ1v) is 9.14. The third-order valence-corrected chi connectivity index (χ3v) is 4.80. The van der Waals surface area contributed by atoms with Gasteiger partial charge in [0.25, 0.3) is 0 Å². The van der Waals surface area contributed by atoms with Gasteiger partial charge in [-0.1, -0.05) is 36.4 Å². The standard InChI is InChI=1S/C22H16BrNO3/c1-26-20-12-14(11-17(23)22(20)25)7-10-21-24-18-13-16(8-9-19(18)27-21)15-5-3-2-4-6-15/h2-13,25H,1H3. The maximum atomic E-state index is 9.90. The number of ether oxygens (including phenoxy) is 1. The first-order chi connectivity index (χ1) is 13.1. The highest BCUT2D eigenvalue weighted by Crippen LogP contribution is 2.35. The fourth-order valence-corrected chi connectivity index (χ4v) is 3.30. The molecule has 134 valence electrons. The van der Waals surface area contributed by atoms with Crippen LogP contribution in [0.5, 0.6) is 11.5 Å². The van der Waals surface area contributed by atoms with Crippen LogP contribution in [0.25, 0.3) is 34.4 Å². The van der Waals surface area contributed by atoms with Gasteiger partial charge in [-0.05, 0) is 63.0 Å². The van der Waals surface area contributed by atoms with E-state index in [1.165, 1.54) is 7.11 Å². The molecule has 3 aromatic carbocycles. The Morgan fingerprint density at radius 3 is 2.59 bits per heavy atom. The average Bonchev–Trinajstić information content (AvgIpc) is 3.11. The van der Waals surface area contributed by atoms with Crippen LogP contribution in [0.1, 0.15) is 11.5 Å². The lowest BCUT2D eigenvalue weighted by atomic mass is 10.1. The molecule has 1 aromatic heterocycles. The van der Waals surface area contributed by atoms with E-state index in [0.29, 0.717) is 16.1 Å². The van der Waals surface area contributed by atoms with Crippen molar-refractivity contribution in [3.8, 4) is 22.6 Å². The zero-order valence-electron chi connectivity index (χ0n) is 14.5. The zero-order valence-corrected chi connectivity index (χ0v) is 16.1. The van der Waals surface area contributed by atoms with Gasteiger partial charge in [0.2, 0.25) is 5.89 Å². The molecule has 0 atom stereocenters. The molecule has 0 bridgehead atoms. The van der Waals surface area contributed by atoms with E-state index >= 15 is 0 Å². The minimum absolute atomic E-state index is 0.0740. The van der Waals surface area contributed by atoms with E-state index in [2.05, 4.69) is 33.0 Å². The van der Waals surface area contributed by atoms with E-state index in [1.54, 1.807) is 18.2 Å². The summed E-state index contributed by atoms with van der Waals surface area (Å²) in [5.74, 6) is 0.984. The van der Waals surface area contributed by atoms with Gasteiger partial charge in [0.1, 0.15) is 5.52 Å². The van der Waals surface area contributed by atoms with Crippen molar-refractivity contribution in [2.45, 2.75) is 0 Å². The van der Waals surface area contributed by atoms with Crippen LogP contribution in [0.15, 0.2) is 69.6 Å². The van der Waals surface area contributed by atoms with Crippen LogP contribution in [0.4, 0.5) is 0 Å². The van der Waals surface area contributed by atoms with Gasteiger partial charge >= 0.3 is 0 Å². The lowest BCUT2D eigenvalue weighted by Gasteiger charge is -2.06. The number of phenolic OH excluding ortho intramolecular Hbond substituents is 1. The van der Waals surface area contributed by atoms with Gasteiger partial charge in [-0.2, -0.15) is 0 Å². The van der Waals surface area contributed by atoms with Gasteiger partial charge in [0.15, 0.2) is 17.1 Å². The minimum atomic E-state index is 0.0740. The largest absolute Gasteiger partial charge is 0.503 e. The quantitative estimate of drug-likeness (QED) is 0.429. The molecule has 0 aliphatic heterocycles. The van der Waals surface area contributed by atoms with Gasteiger partial charge in [0, 0.05) is 6.08 Å². The van der Waals surface area contributed by atoms with Crippen molar-refractivity contribution >= 4 is 39.2 Å². The van der Waals surface area contributed by atoms with Crippen LogP contribution in [0, 0.1) is 0 Å². The Labute approximate surface area is 164 Å². The molecular weight excluding hydrogens is 406 g/mol. The zero-order chi connectivity index (χ0) is 18.8. The molecule has 0 spiro atoms. The number of aromatic hydroxyl groups is 1. The molecule has 4 rings (SSSR count). The van der Waals surface area contributed by atoms with Crippen LogP contribution in [-0.2, 0) is 0 Å². The molecule has 0 amide bonds. The molecule has 4 aromatic rings. The van der Waals surface area contributed by atoms with Gasteiger partial charge < -0.3 is 14.3 Å². The minimum Gasteiger partial charge on any atom is -0.503 e. The van der Waals surface area contributed by atoms with Crippen molar-refractivity contribution in [3.63, 3.8) is 0 Å². The van der Waals surface area contributed by atoms with Crippen LogP contribution in [-0.4, -0.2) is 17.2 Å². The Morgan fingerprint density at radius 1 is 1.00 bits per heavy atom. The lowest BCUT2D eigenvalue weighted by molar-refractivity contribution is 0.372. The van der Waals surface area contributed by atoms with Crippen LogP contribution in [0.3, 0.4) is 0 Å². The first-order valence-electron chi connectivity index (χ1n) is 8.34. The number of hydrogen-bond donors (Lipinski definition) is 1. The van der Waals surface area contributed by atoms with E-state index < -0.39 is 0 Å². The number of nitrogens with zero attached hydrogens (tertiary/aromatic N) is 1. The molecule has 4 nitrogen and oxygen atoms in total. The van der Waals surface area contributed by atoms with Gasteiger partial charge in [-0.25, -0.2) is 4.98 Å². The van der Waals surface area contributed by atoms with E-state index in [4.69, 9.17) is 9.15 Å². The number of halogens is 1. The van der Waals surface area contributed by atoms with Crippen molar-refractivity contribution in [3.05, 3.63) is 76.6 Å². The number of rotatable bonds is 4. The fourth-order valence-electron chi connectivity index (χ4n) is 2.84. The second-order valence-electron chi connectivity index (χ2n) is 5.99. The number of aromatic nitrogens is 1. The van der Waals surface area contributed by atoms with Gasteiger partial charge in [0.05, 0.1) is 11.6 Å². The molecule has 1 heterocycles. The third kappa shape index (κ3) is 3.59. The van der Waals surface area contributed by atoms with Crippen molar-refractivity contribution in [2.24, 2.45) is 0 Å². The maximum Gasteiger partial charge on any atom is 0.220 e. The first kappa shape index (κ1) is 17.4. The smallest absolute Gasteiger partial charge is 0.220 e. The number of phenols is 1. The van der Waals surface area contributed by atoms with E-state index in [0.717, 1.165) is 27.8 Å². The summed E-state index contributed by atoms with van der Waals surface area (Å²) in [5.41, 5.74) is 4.63. The fraction of sp³-hybridized carbons (Fsp3) is 0.0455. The summed E-state index contributed by atoms with van der Waals surface area (Å²) in [5, 5.41) is 9.90. The Hall–Kier alpha value is -3.05. The van der Waals surface area contributed by atoms with Crippen molar-refractivity contribution in [2.75, 3.05) is 7.11 Å². The number of methoxy groups -OCH3 is 1. The molecule has 0 saturated carbocycles. The Morgan fingerprint density at radius 2 is 1.81 bits per heavy atom. The van der Waals surface area contributed by atoms with Crippen molar-refractivity contribution in [1.29, 1.82) is 0 Å². The predicted octanol–water partition coefficient (Wildman–Crippen LogP) is 6.14. The lowest BCUT2D eigenvalue weighted by Crippen LogP contribution is -1.85. The molecule has 1 N–H and O–H groups in total. The number of benzene rings is 3. The average molecular weight is 422 g/mol. The highest BCUT2D eigenvalue weighted by molar-refractivity contribution is 9.10. The summed E-state index contributed by atoms with van der Waals surface area (Å²) in [7, 11) is 1.51. The topological polar surface area (TPSA) is 55.5 Å². The van der Waals surface area contributed by atoms with Crippen molar-refractivity contribution < 1.29 is 14.3 Å². The van der Waals surface area contributed by atoms with E-state index in [9.17, 15) is 5.11 Å². The summed E-state index contributed by atoms with van der Waals surface area (Å²) in [6.45, 7) is 0. The Kier molecular flexibility index (Phi) is 4.69. The molecule has 0 unspecified atom stereocenters. The third-order valence-electron chi connectivity index (χ3n) is 4.20. The summed E-state index contributed by atoms with van der Waals surface area (Å²) < 4.78 is 11.5. The van der Waals surface area contributed by atoms with Crippen LogP contribution in [0.2, 0.25) is 0 Å². The van der Waals surface area contributed by atoms with Crippen molar-refractivity contribution in [1.82, 2.24) is 4.98 Å². The Bertz CT molecular complexity index is 1130. The number of fused-ring (bicyclic) bond motifs is 1. The summed E-state index contributed by atoms with van der Waals surface area (Å²) in [6.07, 6.45) is 3.65. The molecule has 0 fully saturated rings. The monoisotopic (exact) mass is 421 g/mol. The molecule has 0 radical (unpaired) electrons. The Balaban J connectivity index is 1.65.